The van der Waals surface area contributed by atoms with E-state index >= 15 is 0 Å². The van der Waals surface area contributed by atoms with Crippen molar-refractivity contribution in [1.29, 1.82) is 0 Å². The van der Waals surface area contributed by atoms with Crippen LogP contribution in [0.2, 0.25) is 0 Å². The number of ether oxygens (including phenoxy) is 1. The minimum Gasteiger partial charge on any atom is -0.489 e. The summed E-state index contributed by atoms with van der Waals surface area (Å²) in [6.45, 7) is 5.83. The molecule has 1 aliphatic rings. The van der Waals surface area contributed by atoms with Crippen LogP contribution in [0.5, 0.6) is 5.75 Å². The van der Waals surface area contributed by atoms with Gasteiger partial charge in [0.05, 0.1) is 11.5 Å². The molecule has 1 aromatic rings. The number of carbonyl (C=O) groups is 1. The summed E-state index contributed by atoms with van der Waals surface area (Å²) in [4.78, 5) is 11.9. The first-order chi connectivity index (χ1) is 6.59. The minimum absolute atomic E-state index is 0.0160. The van der Waals surface area contributed by atoms with Gasteiger partial charge in [-0.15, -0.1) is 0 Å². The Kier molecular flexibility index (Phi) is 2.06. The molecule has 0 amide bonds. The Balaban J connectivity index is 2.51. The molecule has 2 unspecified atom stereocenters. The van der Waals surface area contributed by atoms with Crippen LogP contribution in [-0.2, 0) is 0 Å². The van der Waals surface area contributed by atoms with E-state index in [4.69, 9.17) is 4.74 Å². The number of rotatable bonds is 0. The molecule has 0 N–H and O–H groups in total. The minimum atomic E-state index is -0.0377. The molecule has 74 valence electrons. The third-order valence-electron chi connectivity index (χ3n) is 2.83. The SMILES string of the molecule is Cc1ccc2c(c1)C(=O)C(C)C(C)O2. The number of Topliss-reactive ketones (excluding diaryl/α,β-unsaturated/α-hetero) is 1. The molecule has 0 radical (unpaired) electrons. The molecule has 1 aliphatic heterocycles. The van der Waals surface area contributed by atoms with Crippen LogP contribution < -0.4 is 4.74 Å². The normalized spacial score (nSPS) is 25.5. The summed E-state index contributed by atoms with van der Waals surface area (Å²) in [6.07, 6.45) is -0.0160. The Bertz CT molecular complexity index is 382. The average Bonchev–Trinajstić information content (AvgIpc) is 2.16. The lowest BCUT2D eigenvalue weighted by Crippen LogP contribution is -2.33. The zero-order valence-corrected chi connectivity index (χ0v) is 8.70. The van der Waals surface area contributed by atoms with Crippen molar-refractivity contribution >= 4 is 5.78 Å². The summed E-state index contributed by atoms with van der Waals surface area (Å²) in [5.74, 6) is 0.887. The molecule has 1 aromatic carbocycles. The van der Waals surface area contributed by atoms with Crippen molar-refractivity contribution < 1.29 is 9.53 Å². The van der Waals surface area contributed by atoms with E-state index in [-0.39, 0.29) is 17.8 Å². The molecule has 0 saturated carbocycles. The average molecular weight is 190 g/mol. The van der Waals surface area contributed by atoms with Gasteiger partial charge >= 0.3 is 0 Å². The molecule has 2 atom stereocenters. The Morgan fingerprint density at radius 2 is 2.00 bits per heavy atom. The topological polar surface area (TPSA) is 26.3 Å². The van der Waals surface area contributed by atoms with Gasteiger partial charge in [0.15, 0.2) is 5.78 Å². The van der Waals surface area contributed by atoms with Crippen molar-refractivity contribution in [2.45, 2.75) is 26.9 Å². The second-order valence-corrected chi connectivity index (χ2v) is 3.98. The van der Waals surface area contributed by atoms with Crippen molar-refractivity contribution in [3.05, 3.63) is 29.3 Å². The molecule has 0 fully saturated rings. The third-order valence-corrected chi connectivity index (χ3v) is 2.83. The Hall–Kier alpha value is -1.31. The molecule has 2 rings (SSSR count). The van der Waals surface area contributed by atoms with Crippen molar-refractivity contribution in [2.24, 2.45) is 5.92 Å². The van der Waals surface area contributed by atoms with E-state index in [0.29, 0.717) is 0 Å². The van der Waals surface area contributed by atoms with Crippen LogP contribution in [0.25, 0.3) is 0 Å². The summed E-state index contributed by atoms with van der Waals surface area (Å²) >= 11 is 0. The van der Waals surface area contributed by atoms with Gasteiger partial charge in [-0.05, 0) is 26.0 Å². The highest BCUT2D eigenvalue weighted by molar-refractivity contribution is 6.01. The number of benzene rings is 1. The highest BCUT2D eigenvalue weighted by Gasteiger charge is 2.30. The fraction of sp³-hybridized carbons (Fsp3) is 0.417. The van der Waals surface area contributed by atoms with E-state index in [2.05, 4.69) is 0 Å². The summed E-state index contributed by atoms with van der Waals surface area (Å²) in [5.41, 5.74) is 1.83. The highest BCUT2D eigenvalue weighted by atomic mass is 16.5. The maximum Gasteiger partial charge on any atom is 0.173 e. The number of fused-ring (bicyclic) bond motifs is 1. The van der Waals surface area contributed by atoms with Crippen molar-refractivity contribution in [1.82, 2.24) is 0 Å². The van der Waals surface area contributed by atoms with Crippen LogP contribution in [0.3, 0.4) is 0 Å². The van der Waals surface area contributed by atoms with Crippen LogP contribution in [0, 0.1) is 12.8 Å². The zero-order valence-electron chi connectivity index (χ0n) is 8.70. The third kappa shape index (κ3) is 1.31. The van der Waals surface area contributed by atoms with Gasteiger partial charge in [0, 0.05) is 0 Å². The molecule has 0 spiro atoms. The van der Waals surface area contributed by atoms with Gasteiger partial charge in [0.2, 0.25) is 0 Å². The molecule has 0 bridgehead atoms. The lowest BCUT2D eigenvalue weighted by Gasteiger charge is -2.27. The molecule has 2 heteroatoms. The first-order valence-corrected chi connectivity index (χ1v) is 4.91. The van der Waals surface area contributed by atoms with Crippen molar-refractivity contribution in [2.75, 3.05) is 0 Å². The predicted molar refractivity (Wildman–Crippen MR) is 54.8 cm³/mol. The van der Waals surface area contributed by atoms with Gasteiger partial charge in [-0.3, -0.25) is 4.79 Å². The second kappa shape index (κ2) is 3.12. The molecule has 0 saturated heterocycles. The standard InChI is InChI=1S/C12H14O2/c1-7-4-5-11-10(6-7)12(13)8(2)9(3)14-11/h4-6,8-9H,1-3H3. The lowest BCUT2D eigenvalue weighted by molar-refractivity contribution is 0.0730. The number of hydrogen-bond donors (Lipinski definition) is 0. The Morgan fingerprint density at radius 1 is 1.29 bits per heavy atom. The van der Waals surface area contributed by atoms with E-state index in [1.54, 1.807) is 0 Å². The fourth-order valence-electron chi connectivity index (χ4n) is 1.70. The monoisotopic (exact) mass is 190 g/mol. The maximum atomic E-state index is 11.9. The van der Waals surface area contributed by atoms with E-state index in [0.717, 1.165) is 16.9 Å². The molecule has 0 aliphatic carbocycles. The maximum absolute atomic E-state index is 11.9. The van der Waals surface area contributed by atoms with E-state index in [1.807, 2.05) is 39.0 Å². The number of ketones is 1. The summed E-state index contributed by atoms with van der Waals surface area (Å²) in [5, 5.41) is 0. The molecule has 14 heavy (non-hydrogen) atoms. The summed E-state index contributed by atoms with van der Waals surface area (Å²) < 4.78 is 5.65. The van der Waals surface area contributed by atoms with E-state index < -0.39 is 0 Å². The number of aryl methyl sites for hydroxylation is 1. The second-order valence-electron chi connectivity index (χ2n) is 3.98. The largest absolute Gasteiger partial charge is 0.489 e. The van der Waals surface area contributed by atoms with E-state index in [9.17, 15) is 4.79 Å². The van der Waals surface area contributed by atoms with Crippen LogP contribution >= 0.6 is 0 Å². The van der Waals surface area contributed by atoms with Crippen LogP contribution in [-0.4, -0.2) is 11.9 Å². The summed E-state index contributed by atoms with van der Waals surface area (Å²) in [7, 11) is 0. The number of carbonyl (C=O) groups excluding carboxylic acids is 1. The van der Waals surface area contributed by atoms with Gasteiger partial charge in [0.25, 0.3) is 0 Å². The van der Waals surface area contributed by atoms with Gasteiger partial charge in [0.1, 0.15) is 11.9 Å². The molecule has 2 nitrogen and oxygen atoms in total. The van der Waals surface area contributed by atoms with Crippen LogP contribution in [0.4, 0.5) is 0 Å². The van der Waals surface area contributed by atoms with Crippen molar-refractivity contribution in [3.8, 4) is 5.75 Å². The quantitative estimate of drug-likeness (QED) is 0.628. The number of hydrogen-bond acceptors (Lipinski definition) is 2. The lowest BCUT2D eigenvalue weighted by atomic mass is 9.91. The Morgan fingerprint density at radius 3 is 2.71 bits per heavy atom. The molecular weight excluding hydrogens is 176 g/mol. The van der Waals surface area contributed by atoms with Gasteiger partial charge < -0.3 is 4.74 Å². The fourth-order valence-corrected chi connectivity index (χ4v) is 1.70. The van der Waals surface area contributed by atoms with Gasteiger partial charge in [-0.25, -0.2) is 0 Å². The van der Waals surface area contributed by atoms with Crippen LogP contribution in [0.1, 0.15) is 29.8 Å². The first-order valence-electron chi connectivity index (χ1n) is 4.91. The van der Waals surface area contributed by atoms with E-state index in [1.165, 1.54) is 0 Å². The smallest absolute Gasteiger partial charge is 0.173 e. The molecule has 1 heterocycles. The van der Waals surface area contributed by atoms with Crippen LogP contribution in [0.15, 0.2) is 18.2 Å². The Labute approximate surface area is 83.9 Å². The highest BCUT2D eigenvalue weighted by Crippen LogP contribution is 2.31. The first kappa shape index (κ1) is 9.25. The zero-order chi connectivity index (χ0) is 10.3. The van der Waals surface area contributed by atoms with Crippen molar-refractivity contribution in [3.63, 3.8) is 0 Å². The predicted octanol–water partition coefficient (Wildman–Crippen LogP) is 2.59. The summed E-state index contributed by atoms with van der Waals surface area (Å²) in [6, 6.07) is 5.75. The molecular formula is C12H14O2. The molecule has 0 aromatic heterocycles. The van der Waals surface area contributed by atoms with Gasteiger partial charge in [-0.1, -0.05) is 18.6 Å². The van der Waals surface area contributed by atoms with Gasteiger partial charge in [-0.2, -0.15) is 0 Å².